The third-order valence-corrected chi connectivity index (χ3v) is 2.58. The summed E-state index contributed by atoms with van der Waals surface area (Å²) >= 11 is 3.34. The maximum Gasteiger partial charge on any atom is 0.126 e. The Balaban J connectivity index is 3.25. The van der Waals surface area contributed by atoms with Crippen LogP contribution in [-0.4, -0.2) is 0 Å². The van der Waals surface area contributed by atoms with Crippen molar-refractivity contribution >= 4 is 15.9 Å². The Kier molecular flexibility index (Phi) is 2.66. The number of benzene rings is 1. The van der Waals surface area contributed by atoms with Gasteiger partial charge < -0.3 is 0 Å². The van der Waals surface area contributed by atoms with Crippen molar-refractivity contribution in [2.24, 2.45) is 0 Å². The zero-order chi connectivity index (χ0) is 8.43. The van der Waals surface area contributed by atoms with Crippen LogP contribution in [0.2, 0.25) is 0 Å². The number of halogens is 2. The molecule has 0 amide bonds. The zero-order valence-corrected chi connectivity index (χ0v) is 8.20. The number of alkyl halides is 1. The number of rotatable bonds is 1. The van der Waals surface area contributed by atoms with Gasteiger partial charge in [0.1, 0.15) is 5.82 Å². The lowest BCUT2D eigenvalue weighted by atomic mass is 10.0. The molecule has 0 aliphatic rings. The molecule has 0 atom stereocenters. The molecule has 0 fully saturated rings. The van der Waals surface area contributed by atoms with Gasteiger partial charge in [-0.1, -0.05) is 22.0 Å². The Morgan fingerprint density at radius 3 is 2.45 bits per heavy atom. The summed E-state index contributed by atoms with van der Waals surface area (Å²) in [4.78, 5) is 0. The smallest absolute Gasteiger partial charge is 0.126 e. The molecule has 11 heavy (non-hydrogen) atoms. The van der Waals surface area contributed by atoms with Gasteiger partial charge >= 0.3 is 0 Å². The van der Waals surface area contributed by atoms with Gasteiger partial charge in [0.2, 0.25) is 0 Å². The molecule has 0 saturated carbocycles. The lowest BCUT2D eigenvalue weighted by molar-refractivity contribution is 0.616. The molecule has 0 N–H and O–H groups in total. The van der Waals surface area contributed by atoms with Gasteiger partial charge in [0.15, 0.2) is 0 Å². The lowest BCUT2D eigenvalue weighted by Gasteiger charge is -2.05. The molecule has 0 aromatic heterocycles. The van der Waals surface area contributed by atoms with E-state index in [9.17, 15) is 4.39 Å². The van der Waals surface area contributed by atoms with Crippen LogP contribution in [0.1, 0.15) is 16.7 Å². The van der Waals surface area contributed by atoms with Crippen molar-refractivity contribution in [1.82, 2.24) is 0 Å². The van der Waals surface area contributed by atoms with E-state index in [-0.39, 0.29) is 5.82 Å². The molecule has 0 saturated heterocycles. The highest BCUT2D eigenvalue weighted by Crippen LogP contribution is 2.18. The van der Waals surface area contributed by atoms with E-state index in [2.05, 4.69) is 15.9 Å². The van der Waals surface area contributed by atoms with Gasteiger partial charge in [0.05, 0.1) is 0 Å². The fourth-order valence-corrected chi connectivity index (χ4v) is 1.60. The van der Waals surface area contributed by atoms with Crippen molar-refractivity contribution < 1.29 is 4.39 Å². The Hall–Kier alpha value is -0.370. The predicted molar refractivity (Wildman–Crippen MR) is 48.5 cm³/mol. The van der Waals surface area contributed by atoms with Gasteiger partial charge in [0, 0.05) is 5.33 Å². The van der Waals surface area contributed by atoms with E-state index in [1.807, 2.05) is 13.0 Å². The van der Waals surface area contributed by atoms with E-state index in [0.29, 0.717) is 0 Å². The van der Waals surface area contributed by atoms with Crippen LogP contribution in [0.4, 0.5) is 4.39 Å². The van der Waals surface area contributed by atoms with Crippen LogP contribution in [0, 0.1) is 19.7 Å². The molecule has 1 aromatic rings. The number of hydrogen-bond acceptors (Lipinski definition) is 0. The molecule has 0 aliphatic heterocycles. The second-order valence-electron chi connectivity index (χ2n) is 2.59. The summed E-state index contributed by atoms with van der Waals surface area (Å²) in [6.07, 6.45) is 0. The fourth-order valence-electron chi connectivity index (χ4n) is 0.988. The summed E-state index contributed by atoms with van der Waals surface area (Å²) < 4.78 is 12.9. The quantitative estimate of drug-likeness (QED) is 0.633. The van der Waals surface area contributed by atoms with Gasteiger partial charge in [-0.3, -0.25) is 0 Å². The second-order valence-corrected chi connectivity index (χ2v) is 3.15. The van der Waals surface area contributed by atoms with E-state index in [1.165, 1.54) is 6.07 Å². The summed E-state index contributed by atoms with van der Waals surface area (Å²) in [6, 6.07) is 3.32. The van der Waals surface area contributed by atoms with Crippen LogP contribution >= 0.6 is 15.9 Å². The molecule has 60 valence electrons. The first-order valence-corrected chi connectivity index (χ1v) is 4.59. The Bertz CT molecular complexity index is 269. The average Bonchev–Trinajstić information content (AvgIpc) is 2.01. The van der Waals surface area contributed by atoms with Crippen molar-refractivity contribution in [1.29, 1.82) is 0 Å². The molecule has 0 heterocycles. The van der Waals surface area contributed by atoms with Crippen LogP contribution in [0.5, 0.6) is 0 Å². The summed E-state index contributed by atoms with van der Waals surface area (Å²) in [6.45, 7) is 3.74. The standard InChI is InChI=1S/C9H10BrF/c1-6-7(2)9(11)4-3-8(6)5-10/h3-4H,5H2,1-2H3. The molecule has 1 rings (SSSR count). The minimum atomic E-state index is -0.118. The zero-order valence-electron chi connectivity index (χ0n) is 6.62. The molecule has 0 unspecified atom stereocenters. The third-order valence-electron chi connectivity index (χ3n) is 1.98. The molecule has 0 aliphatic carbocycles. The average molecular weight is 217 g/mol. The fraction of sp³-hybridized carbons (Fsp3) is 0.333. The highest BCUT2D eigenvalue weighted by atomic mass is 79.9. The van der Waals surface area contributed by atoms with Crippen molar-refractivity contribution in [3.63, 3.8) is 0 Å². The van der Waals surface area contributed by atoms with E-state index in [1.54, 1.807) is 6.92 Å². The van der Waals surface area contributed by atoms with Crippen molar-refractivity contribution in [3.8, 4) is 0 Å². The second kappa shape index (κ2) is 3.35. The largest absolute Gasteiger partial charge is 0.207 e. The molecule has 0 spiro atoms. The van der Waals surface area contributed by atoms with E-state index >= 15 is 0 Å². The maximum atomic E-state index is 12.9. The van der Waals surface area contributed by atoms with E-state index in [4.69, 9.17) is 0 Å². The summed E-state index contributed by atoms with van der Waals surface area (Å²) in [5.41, 5.74) is 2.95. The van der Waals surface area contributed by atoms with E-state index < -0.39 is 0 Å². The van der Waals surface area contributed by atoms with Crippen molar-refractivity contribution in [2.75, 3.05) is 0 Å². The van der Waals surface area contributed by atoms with Crippen LogP contribution in [0.25, 0.3) is 0 Å². The van der Waals surface area contributed by atoms with Crippen LogP contribution in [0.3, 0.4) is 0 Å². The summed E-state index contributed by atoms with van der Waals surface area (Å²) in [7, 11) is 0. The maximum absolute atomic E-state index is 12.9. The molecule has 1 aromatic carbocycles. The van der Waals surface area contributed by atoms with Gasteiger partial charge in [-0.2, -0.15) is 0 Å². The molecular weight excluding hydrogens is 207 g/mol. The van der Waals surface area contributed by atoms with Gasteiger partial charge in [0.25, 0.3) is 0 Å². The monoisotopic (exact) mass is 216 g/mol. The van der Waals surface area contributed by atoms with Gasteiger partial charge in [-0.05, 0) is 36.6 Å². The van der Waals surface area contributed by atoms with E-state index in [0.717, 1.165) is 22.0 Å². The number of hydrogen-bond donors (Lipinski definition) is 0. The first-order chi connectivity index (χ1) is 5.16. The van der Waals surface area contributed by atoms with Crippen LogP contribution in [0.15, 0.2) is 12.1 Å². The minimum Gasteiger partial charge on any atom is -0.207 e. The molecule has 2 heteroatoms. The summed E-state index contributed by atoms with van der Waals surface area (Å²) in [5.74, 6) is -0.118. The molecule has 0 nitrogen and oxygen atoms in total. The normalized spacial score (nSPS) is 10.2. The highest BCUT2D eigenvalue weighted by molar-refractivity contribution is 9.08. The van der Waals surface area contributed by atoms with Gasteiger partial charge in [-0.25, -0.2) is 4.39 Å². The van der Waals surface area contributed by atoms with Gasteiger partial charge in [-0.15, -0.1) is 0 Å². The molecule has 0 bridgehead atoms. The van der Waals surface area contributed by atoms with Crippen LogP contribution < -0.4 is 0 Å². The van der Waals surface area contributed by atoms with Crippen molar-refractivity contribution in [2.45, 2.75) is 19.2 Å². The van der Waals surface area contributed by atoms with Crippen molar-refractivity contribution in [3.05, 3.63) is 34.6 Å². The Morgan fingerprint density at radius 2 is 1.91 bits per heavy atom. The summed E-state index contributed by atoms with van der Waals surface area (Å²) in [5, 5.41) is 0.792. The molecule has 0 radical (unpaired) electrons. The lowest BCUT2D eigenvalue weighted by Crippen LogP contribution is -1.92. The SMILES string of the molecule is Cc1c(F)ccc(CBr)c1C. The third kappa shape index (κ3) is 1.62. The topological polar surface area (TPSA) is 0 Å². The Morgan fingerprint density at radius 1 is 1.27 bits per heavy atom. The first-order valence-electron chi connectivity index (χ1n) is 3.47. The minimum absolute atomic E-state index is 0.118. The van der Waals surface area contributed by atoms with Crippen LogP contribution in [-0.2, 0) is 5.33 Å². The Labute approximate surface area is 74.6 Å². The highest BCUT2D eigenvalue weighted by Gasteiger charge is 2.03. The first kappa shape index (κ1) is 8.72. The predicted octanol–water partition coefficient (Wildman–Crippen LogP) is 3.34. The molecular formula is C9H10BrF.